The fourth-order valence-electron chi connectivity index (χ4n) is 4.46. The van der Waals surface area contributed by atoms with Crippen LogP contribution < -0.4 is 15.2 Å². The summed E-state index contributed by atoms with van der Waals surface area (Å²) in [5, 5.41) is 9.65. The van der Waals surface area contributed by atoms with Gasteiger partial charge in [0, 0.05) is 25.2 Å². The van der Waals surface area contributed by atoms with Gasteiger partial charge in [0.05, 0.1) is 0 Å². The molecule has 35 heavy (non-hydrogen) atoms. The molecule has 0 spiro atoms. The van der Waals surface area contributed by atoms with E-state index < -0.39 is 11.5 Å². The highest BCUT2D eigenvalue weighted by Gasteiger charge is 2.24. The number of carboxylic acid groups (broad SMARTS) is 1. The first-order chi connectivity index (χ1) is 16.7. The van der Waals surface area contributed by atoms with Crippen LogP contribution in [0.25, 0.3) is 0 Å². The summed E-state index contributed by atoms with van der Waals surface area (Å²) < 4.78 is 5.56. The third-order valence-corrected chi connectivity index (χ3v) is 6.55. The van der Waals surface area contributed by atoms with Crippen molar-refractivity contribution in [2.45, 2.75) is 52.1 Å². The fourth-order valence-corrected chi connectivity index (χ4v) is 4.46. The van der Waals surface area contributed by atoms with Crippen LogP contribution in [0.15, 0.2) is 59.4 Å². The SMILES string of the molecule is CC(C)(C)c1ccc(N2CCC(Cc3nc(C(=O)O)c(OCc4ccccc4)c(=O)[nH]3)CC2)cc1. The lowest BCUT2D eigenvalue weighted by molar-refractivity contribution is 0.0683. The largest absolute Gasteiger partial charge is 0.481 e. The number of anilines is 1. The molecule has 3 aromatic rings. The van der Waals surface area contributed by atoms with E-state index in [4.69, 9.17) is 4.74 Å². The average Bonchev–Trinajstić information content (AvgIpc) is 2.84. The molecule has 0 amide bonds. The van der Waals surface area contributed by atoms with Crippen molar-refractivity contribution >= 4 is 11.7 Å². The standard InChI is InChI=1S/C28H33N3O4/c1-28(2,3)21-9-11-22(12-10-21)31-15-13-19(14-16-31)17-23-29-24(27(33)34)25(26(32)30-23)35-18-20-7-5-4-6-8-20/h4-12,19H,13-18H2,1-3H3,(H,33,34)(H,29,30,32). The second-order valence-corrected chi connectivity index (χ2v) is 10.2. The molecule has 2 heterocycles. The minimum atomic E-state index is -1.27. The normalized spacial score (nSPS) is 14.7. The number of rotatable bonds is 7. The summed E-state index contributed by atoms with van der Waals surface area (Å²) in [5.74, 6) is -0.805. The number of H-pyrrole nitrogens is 1. The van der Waals surface area contributed by atoms with Crippen molar-refractivity contribution in [2.75, 3.05) is 18.0 Å². The Hall–Kier alpha value is -3.61. The molecule has 0 atom stereocenters. The lowest BCUT2D eigenvalue weighted by Crippen LogP contribution is -2.34. The van der Waals surface area contributed by atoms with Crippen molar-refractivity contribution in [3.63, 3.8) is 0 Å². The Kier molecular flexibility index (Phi) is 7.24. The van der Waals surface area contributed by atoms with Crippen molar-refractivity contribution in [1.82, 2.24) is 9.97 Å². The van der Waals surface area contributed by atoms with Crippen LogP contribution >= 0.6 is 0 Å². The number of piperidine rings is 1. The lowest BCUT2D eigenvalue weighted by atomic mass is 9.87. The summed E-state index contributed by atoms with van der Waals surface area (Å²) in [6, 6.07) is 18.1. The molecule has 184 valence electrons. The first-order valence-corrected chi connectivity index (χ1v) is 12.1. The number of carboxylic acids is 1. The molecule has 0 saturated carbocycles. The molecule has 1 fully saturated rings. The molecular formula is C28H33N3O4. The Morgan fingerprint density at radius 3 is 2.34 bits per heavy atom. The van der Waals surface area contributed by atoms with Gasteiger partial charge in [-0.3, -0.25) is 4.79 Å². The minimum Gasteiger partial charge on any atom is -0.481 e. The fraction of sp³-hybridized carbons (Fsp3) is 0.393. The van der Waals surface area contributed by atoms with Gasteiger partial charge in [-0.2, -0.15) is 0 Å². The van der Waals surface area contributed by atoms with E-state index in [1.165, 1.54) is 11.3 Å². The van der Waals surface area contributed by atoms with Gasteiger partial charge < -0.3 is 19.7 Å². The molecular weight excluding hydrogens is 442 g/mol. The van der Waals surface area contributed by atoms with Gasteiger partial charge in [0.2, 0.25) is 5.75 Å². The van der Waals surface area contributed by atoms with E-state index in [-0.39, 0.29) is 23.5 Å². The second kappa shape index (κ2) is 10.3. The molecule has 1 saturated heterocycles. The van der Waals surface area contributed by atoms with Gasteiger partial charge in [-0.15, -0.1) is 0 Å². The molecule has 1 aliphatic rings. The first kappa shape index (κ1) is 24.5. The van der Waals surface area contributed by atoms with Crippen LogP contribution in [0.3, 0.4) is 0 Å². The number of nitrogens with zero attached hydrogens (tertiary/aromatic N) is 2. The maximum atomic E-state index is 12.7. The van der Waals surface area contributed by atoms with Crippen LogP contribution in [-0.4, -0.2) is 34.1 Å². The van der Waals surface area contributed by atoms with E-state index in [1.54, 1.807) is 0 Å². The summed E-state index contributed by atoms with van der Waals surface area (Å²) in [6.45, 7) is 8.55. The van der Waals surface area contributed by atoms with Crippen LogP contribution in [0.4, 0.5) is 5.69 Å². The van der Waals surface area contributed by atoms with Crippen LogP contribution in [-0.2, 0) is 18.4 Å². The third-order valence-electron chi connectivity index (χ3n) is 6.55. The quantitative estimate of drug-likeness (QED) is 0.509. The lowest BCUT2D eigenvalue weighted by Gasteiger charge is -2.34. The predicted octanol–water partition coefficient (Wildman–Crippen LogP) is 4.80. The van der Waals surface area contributed by atoms with Crippen LogP contribution in [0, 0.1) is 5.92 Å². The van der Waals surface area contributed by atoms with Crippen LogP contribution in [0.5, 0.6) is 5.75 Å². The smallest absolute Gasteiger partial charge is 0.358 e. The topological polar surface area (TPSA) is 95.5 Å². The van der Waals surface area contributed by atoms with E-state index in [0.717, 1.165) is 31.5 Å². The zero-order valence-corrected chi connectivity index (χ0v) is 20.6. The van der Waals surface area contributed by atoms with Crippen molar-refractivity contribution in [3.05, 3.63) is 87.6 Å². The Balaban J connectivity index is 1.39. The molecule has 1 aromatic heterocycles. The Bertz CT molecular complexity index is 1210. The van der Waals surface area contributed by atoms with Crippen molar-refractivity contribution in [3.8, 4) is 5.75 Å². The minimum absolute atomic E-state index is 0.0976. The van der Waals surface area contributed by atoms with E-state index in [1.807, 2.05) is 30.3 Å². The van der Waals surface area contributed by atoms with Crippen molar-refractivity contribution in [1.29, 1.82) is 0 Å². The van der Waals surface area contributed by atoms with Gasteiger partial charge >= 0.3 is 5.97 Å². The third kappa shape index (κ3) is 6.10. The molecule has 0 radical (unpaired) electrons. The van der Waals surface area contributed by atoms with Crippen LogP contribution in [0.1, 0.15) is 61.1 Å². The molecule has 7 nitrogen and oxygen atoms in total. The highest BCUT2D eigenvalue weighted by Crippen LogP contribution is 2.28. The molecule has 7 heteroatoms. The zero-order chi connectivity index (χ0) is 25.0. The highest BCUT2D eigenvalue weighted by molar-refractivity contribution is 5.88. The molecule has 0 aliphatic carbocycles. The average molecular weight is 476 g/mol. The van der Waals surface area contributed by atoms with Crippen molar-refractivity contribution in [2.24, 2.45) is 5.92 Å². The second-order valence-electron chi connectivity index (χ2n) is 10.2. The molecule has 2 aromatic carbocycles. The zero-order valence-electron chi connectivity index (χ0n) is 20.6. The summed E-state index contributed by atoms with van der Waals surface area (Å²) in [7, 11) is 0. The number of benzene rings is 2. The molecule has 0 unspecified atom stereocenters. The van der Waals surface area contributed by atoms with Gasteiger partial charge in [0.25, 0.3) is 5.56 Å². The number of aromatic carboxylic acids is 1. The number of aromatic amines is 1. The first-order valence-electron chi connectivity index (χ1n) is 12.1. The van der Waals surface area contributed by atoms with Gasteiger partial charge in [0.1, 0.15) is 12.4 Å². The highest BCUT2D eigenvalue weighted by atomic mass is 16.5. The molecule has 1 aliphatic heterocycles. The number of nitrogens with one attached hydrogen (secondary N) is 1. The van der Waals surface area contributed by atoms with Crippen LogP contribution in [0.2, 0.25) is 0 Å². The number of hydrogen-bond acceptors (Lipinski definition) is 5. The predicted molar refractivity (Wildman–Crippen MR) is 136 cm³/mol. The molecule has 0 bridgehead atoms. The van der Waals surface area contributed by atoms with E-state index in [0.29, 0.717) is 18.2 Å². The Morgan fingerprint density at radius 1 is 1.09 bits per heavy atom. The molecule has 4 rings (SSSR count). The maximum Gasteiger partial charge on any atom is 0.358 e. The monoisotopic (exact) mass is 475 g/mol. The summed E-state index contributed by atoms with van der Waals surface area (Å²) >= 11 is 0. The number of hydrogen-bond donors (Lipinski definition) is 2. The number of ether oxygens (including phenoxy) is 1. The van der Waals surface area contributed by atoms with E-state index in [2.05, 4.69) is 59.9 Å². The van der Waals surface area contributed by atoms with Crippen molar-refractivity contribution < 1.29 is 14.6 Å². The summed E-state index contributed by atoms with van der Waals surface area (Å²) in [5.41, 5.74) is 2.61. The Labute approximate surface area is 205 Å². The van der Waals surface area contributed by atoms with Gasteiger partial charge in [0.15, 0.2) is 5.69 Å². The van der Waals surface area contributed by atoms with E-state index in [9.17, 15) is 14.7 Å². The van der Waals surface area contributed by atoms with Gasteiger partial charge in [-0.1, -0.05) is 63.2 Å². The van der Waals surface area contributed by atoms with Gasteiger partial charge in [-0.05, 0) is 47.4 Å². The summed E-state index contributed by atoms with van der Waals surface area (Å²) in [6.07, 6.45) is 2.42. The summed E-state index contributed by atoms with van der Waals surface area (Å²) in [4.78, 5) is 33.9. The van der Waals surface area contributed by atoms with E-state index >= 15 is 0 Å². The Morgan fingerprint density at radius 2 is 1.74 bits per heavy atom. The molecule has 2 N–H and O–H groups in total. The maximum absolute atomic E-state index is 12.7. The van der Waals surface area contributed by atoms with Gasteiger partial charge in [-0.25, -0.2) is 9.78 Å². The number of carbonyl (C=O) groups is 1. The number of aromatic nitrogens is 2.